The Kier molecular flexibility index (Phi) is 5.29. The fraction of sp³-hybridized carbons (Fsp3) is 0.385. The summed E-state index contributed by atoms with van der Waals surface area (Å²) in [7, 11) is 0. The minimum atomic E-state index is -1.08. The van der Waals surface area contributed by atoms with Crippen LogP contribution in [0.1, 0.15) is 20.3 Å². The molecule has 0 spiro atoms. The average Bonchev–Trinajstić information content (AvgIpc) is 2.30. The number of carbonyl (C=O) groups is 2. The summed E-state index contributed by atoms with van der Waals surface area (Å²) in [5.41, 5.74) is 0.396. The summed E-state index contributed by atoms with van der Waals surface area (Å²) in [5, 5.41) is 13.8. The van der Waals surface area contributed by atoms with Gasteiger partial charge in [-0.2, -0.15) is 0 Å². The van der Waals surface area contributed by atoms with Crippen molar-refractivity contribution in [3.8, 4) is 0 Å². The highest BCUT2D eigenvalue weighted by atomic mass is 19.1. The Morgan fingerprint density at radius 3 is 2.32 bits per heavy atom. The van der Waals surface area contributed by atoms with Crippen molar-refractivity contribution in [2.75, 3.05) is 5.32 Å². The largest absolute Gasteiger partial charge is 0.480 e. The van der Waals surface area contributed by atoms with Gasteiger partial charge in [-0.05, 0) is 36.6 Å². The predicted octanol–water partition coefficient (Wildman–Crippen LogP) is 2.45. The van der Waals surface area contributed by atoms with Crippen molar-refractivity contribution in [1.29, 1.82) is 0 Å². The number of anilines is 1. The zero-order valence-corrected chi connectivity index (χ0v) is 10.8. The first-order chi connectivity index (χ1) is 8.88. The second kappa shape index (κ2) is 6.72. The molecule has 1 unspecified atom stereocenters. The predicted molar refractivity (Wildman–Crippen MR) is 69.4 cm³/mol. The number of carboxylic acid groups (broad SMARTS) is 1. The van der Waals surface area contributed by atoms with Crippen LogP contribution in [0.15, 0.2) is 24.3 Å². The van der Waals surface area contributed by atoms with E-state index in [1.54, 1.807) is 0 Å². The molecule has 0 aliphatic heterocycles. The molecule has 0 heterocycles. The number of carbonyl (C=O) groups excluding carboxylic acids is 1. The lowest BCUT2D eigenvalue weighted by atomic mass is 10.0. The van der Waals surface area contributed by atoms with Crippen molar-refractivity contribution in [3.63, 3.8) is 0 Å². The Labute approximate surface area is 110 Å². The Hall–Kier alpha value is -2.11. The second-order valence-corrected chi connectivity index (χ2v) is 4.63. The molecule has 3 N–H and O–H groups in total. The van der Waals surface area contributed by atoms with Crippen molar-refractivity contribution >= 4 is 17.7 Å². The van der Waals surface area contributed by atoms with Crippen LogP contribution in [-0.4, -0.2) is 23.1 Å². The van der Waals surface area contributed by atoms with Crippen LogP contribution < -0.4 is 10.6 Å². The van der Waals surface area contributed by atoms with Gasteiger partial charge in [0, 0.05) is 5.69 Å². The van der Waals surface area contributed by atoms with Crippen LogP contribution in [0.3, 0.4) is 0 Å². The maximum absolute atomic E-state index is 12.7. The highest BCUT2D eigenvalue weighted by molar-refractivity contribution is 5.92. The summed E-state index contributed by atoms with van der Waals surface area (Å²) >= 11 is 0. The van der Waals surface area contributed by atoms with E-state index in [4.69, 9.17) is 5.11 Å². The smallest absolute Gasteiger partial charge is 0.326 e. The first-order valence-electron chi connectivity index (χ1n) is 5.94. The topological polar surface area (TPSA) is 78.4 Å². The van der Waals surface area contributed by atoms with Gasteiger partial charge in [-0.15, -0.1) is 0 Å². The Morgan fingerprint density at radius 2 is 1.84 bits per heavy atom. The zero-order valence-electron chi connectivity index (χ0n) is 10.8. The number of carboxylic acids is 1. The van der Waals surface area contributed by atoms with Crippen LogP contribution >= 0.6 is 0 Å². The maximum Gasteiger partial charge on any atom is 0.326 e. The quantitative estimate of drug-likeness (QED) is 0.767. The third-order valence-electron chi connectivity index (χ3n) is 2.41. The Morgan fingerprint density at radius 1 is 1.26 bits per heavy atom. The van der Waals surface area contributed by atoms with E-state index in [2.05, 4.69) is 10.6 Å². The molecule has 0 radical (unpaired) electrons. The van der Waals surface area contributed by atoms with Gasteiger partial charge < -0.3 is 15.7 Å². The molecule has 6 heteroatoms. The highest BCUT2D eigenvalue weighted by Crippen LogP contribution is 2.09. The molecule has 0 fully saturated rings. The van der Waals surface area contributed by atoms with Crippen molar-refractivity contribution in [3.05, 3.63) is 30.1 Å². The van der Waals surface area contributed by atoms with Gasteiger partial charge in [-0.25, -0.2) is 14.0 Å². The molecule has 0 bridgehead atoms. The summed E-state index contributed by atoms with van der Waals surface area (Å²) in [6.07, 6.45) is 0.339. The Bertz CT molecular complexity index is 446. The summed E-state index contributed by atoms with van der Waals surface area (Å²) in [6, 6.07) is 3.64. The lowest BCUT2D eigenvalue weighted by Crippen LogP contribution is -2.43. The van der Waals surface area contributed by atoms with E-state index < -0.39 is 23.9 Å². The summed E-state index contributed by atoms with van der Waals surface area (Å²) in [4.78, 5) is 22.6. The molecule has 0 saturated carbocycles. The summed E-state index contributed by atoms with van der Waals surface area (Å²) in [5.74, 6) is -1.34. The van der Waals surface area contributed by atoms with E-state index in [1.807, 2.05) is 13.8 Å². The molecule has 0 aromatic heterocycles. The number of amides is 2. The molecule has 1 aromatic carbocycles. The molecule has 5 nitrogen and oxygen atoms in total. The highest BCUT2D eigenvalue weighted by Gasteiger charge is 2.20. The fourth-order valence-electron chi connectivity index (χ4n) is 1.55. The van der Waals surface area contributed by atoms with E-state index in [9.17, 15) is 14.0 Å². The van der Waals surface area contributed by atoms with Crippen molar-refractivity contribution in [2.45, 2.75) is 26.3 Å². The molecule has 0 aliphatic rings. The van der Waals surface area contributed by atoms with E-state index in [-0.39, 0.29) is 5.92 Å². The van der Waals surface area contributed by atoms with Crippen LogP contribution in [0.25, 0.3) is 0 Å². The number of hydrogen-bond acceptors (Lipinski definition) is 2. The number of urea groups is 1. The summed E-state index contributed by atoms with van der Waals surface area (Å²) in [6.45, 7) is 3.74. The minimum Gasteiger partial charge on any atom is -0.480 e. The van der Waals surface area contributed by atoms with Crippen molar-refractivity contribution < 1.29 is 19.1 Å². The van der Waals surface area contributed by atoms with Crippen molar-refractivity contribution in [1.82, 2.24) is 5.32 Å². The number of hydrogen-bond donors (Lipinski definition) is 3. The molecular weight excluding hydrogens is 251 g/mol. The van der Waals surface area contributed by atoms with Gasteiger partial charge in [0.15, 0.2) is 0 Å². The molecule has 1 aromatic rings. The molecule has 0 aliphatic carbocycles. The number of benzene rings is 1. The third kappa shape index (κ3) is 5.37. The van der Waals surface area contributed by atoms with Crippen molar-refractivity contribution in [2.24, 2.45) is 5.92 Å². The number of halogens is 1. The lowest BCUT2D eigenvalue weighted by Gasteiger charge is -2.16. The van der Waals surface area contributed by atoms with Crippen LogP contribution in [0.5, 0.6) is 0 Å². The van der Waals surface area contributed by atoms with E-state index >= 15 is 0 Å². The van der Waals surface area contributed by atoms with E-state index in [0.29, 0.717) is 12.1 Å². The molecule has 1 rings (SSSR count). The summed E-state index contributed by atoms with van der Waals surface area (Å²) < 4.78 is 12.7. The van der Waals surface area contributed by atoms with Gasteiger partial charge in [-0.1, -0.05) is 13.8 Å². The first kappa shape index (κ1) is 14.9. The number of aliphatic carboxylic acids is 1. The molecule has 2 amide bonds. The van der Waals surface area contributed by atoms with Crippen LogP contribution in [0.2, 0.25) is 0 Å². The van der Waals surface area contributed by atoms with Gasteiger partial charge in [-0.3, -0.25) is 0 Å². The van der Waals surface area contributed by atoms with E-state index in [1.165, 1.54) is 24.3 Å². The molecule has 0 saturated heterocycles. The SMILES string of the molecule is CC(C)CC(NC(=O)Nc1ccc(F)cc1)C(=O)O. The standard InChI is InChI=1S/C13H17FN2O3/c1-8(2)7-11(12(17)18)16-13(19)15-10-5-3-9(14)4-6-10/h3-6,8,11H,7H2,1-2H3,(H,17,18)(H2,15,16,19). The molecule has 19 heavy (non-hydrogen) atoms. The fourth-order valence-corrected chi connectivity index (χ4v) is 1.55. The van der Waals surface area contributed by atoms with Crippen LogP contribution in [-0.2, 0) is 4.79 Å². The lowest BCUT2D eigenvalue weighted by molar-refractivity contribution is -0.139. The van der Waals surface area contributed by atoms with Gasteiger partial charge >= 0.3 is 12.0 Å². The third-order valence-corrected chi connectivity index (χ3v) is 2.41. The van der Waals surface area contributed by atoms with Gasteiger partial charge in [0.2, 0.25) is 0 Å². The number of nitrogens with one attached hydrogen (secondary N) is 2. The molecule has 1 atom stereocenters. The van der Waals surface area contributed by atoms with Gasteiger partial charge in [0.25, 0.3) is 0 Å². The molecular formula is C13H17FN2O3. The van der Waals surface area contributed by atoms with Gasteiger partial charge in [0.05, 0.1) is 0 Å². The monoisotopic (exact) mass is 268 g/mol. The molecule has 104 valence electrons. The van der Waals surface area contributed by atoms with E-state index in [0.717, 1.165) is 0 Å². The average molecular weight is 268 g/mol. The second-order valence-electron chi connectivity index (χ2n) is 4.63. The normalized spacial score (nSPS) is 12.0. The van der Waals surface area contributed by atoms with Crippen LogP contribution in [0.4, 0.5) is 14.9 Å². The zero-order chi connectivity index (χ0) is 14.4. The maximum atomic E-state index is 12.7. The Balaban J connectivity index is 2.57. The number of rotatable bonds is 5. The van der Waals surface area contributed by atoms with Crippen LogP contribution in [0, 0.1) is 11.7 Å². The first-order valence-corrected chi connectivity index (χ1v) is 5.94. The van der Waals surface area contributed by atoms with Gasteiger partial charge in [0.1, 0.15) is 11.9 Å². The minimum absolute atomic E-state index is 0.146.